The number of halogens is 2. The van der Waals surface area contributed by atoms with E-state index in [1.165, 1.54) is 24.3 Å². The minimum absolute atomic E-state index is 0.00977. The number of anilines is 1. The van der Waals surface area contributed by atoms with Crippen molar-refractivity contribution in [1.82, 2.24) is 0 Å². The van der Waals surface area contributed by atoms with E-state index in [-0.39, 0.29) is 5.69 Å². The molecular weight excluding hydrogens is 327 g/mol. The van der Waals surface area contributed by atoms with Gasteiger partial charge in [-0.15, -0.1) is 0 Å². The van der Waals surface area contributed by atoms with Gasteiger partial charge in [0.2, 0.25) is 5.91 Å². The van der Waals surface area contributed by atoms with Gasteiger partial charge in [0.25, 0.3) is 5.69 Å². The number of carbonyl (C=O) groups excluding carboxylic acids is 1. The topological polar surface area (TPSA) is 72.2 Å². The Morgan fingerprint density at radius 1 is 1.09 bits per heavy atom. The summed E-state index contributed by atoms with van der Waals surface area (Å²) in [6.45, 7) is 0. The van der Waals surface area contributed by atoms with Crippen LogP contribution in [0, 0.1) is 10.1 Å². The average Bonchev–Trinajstić information content (AvgIpc) is 2.49. The van der Waals surface area contributed by atoms with Crippen LogP contribution in [0.2, 0.25) is 10.0 Å². The predicted octanol–water partition coefficient (Wildman–Crippen LogP) is 4.55. The summed E-state index contributed by atoms with van der Waals surface area (Å²) in [5, 5.41) is 13.8. The summed E-state index contributed by atoms with van der Waals surface area (Å²) in [4.78, 5) is 21.9. The van der Waals surface area contributed by atoms with Crippen molar-refractivity contribution in [2.24, 2.45) is 0 Å². The van der Waals surface area contributed by atoms with E-state index in [9.17, 15) is 14.9 Å². The number of hydrogen-bond acceptors (Lipinski definition) is 3. The summed E-state index contributed by atoms with van der Waals surface area (Å²) in [5.41, 5.74) is 0.986. The Morgan fingerprint density at radius 2 is 1.68 bits per heavy atom. The van der Waals surface area contributed by atoms with Gasteiger partial charge in [0, 0.05) is 18.2 Å². The molecule has 2 rings (SSSR count). The highest BCUT2D eigenvalue weighted by Gasteiger charge is 2.07. The van der Waals surface area contributed by atoms with Crippen LogP contribution >= 0.6 is 23.2 Å². The second-order valence-electron chi connectivity index (χ2n) is 4.27. The van der Waals surface area contributed by atoms with Gasteiger partial charge < -0.3 is 5.32 Å². The predicted molar refractivity (Wildman–Crippen MR) is 87.2 cm³/mol. The third kappa shape index (κ3) is 4.07. The molecule has 0 aromatic heterocycles. The number of para-hydroxylation sites is 1. The zero-order chi connectivity index (χ0) is 16.1. The van der Waals surface area contributed by atoms with Crippen molar-refractivity contribution in [1.29, 1.82) is 0 Å². The van der Waals surface area contributed by atoms with E-state index in [0.29, 0.717) is 21.3 Å². The van der Waals surface area contributed by atoms with Crippen molar-refractivity contribution in [3.05, 3.63) is 74.3 Å². The SMILES string of the molecule is O=C(/C=C/c1ccc([N+](=O)[O-])cc1)Nc1c(Cl)cccc1Cl. The van der Waals surface area contributed by atoms with Gasteiger partial charge in [-0.05, 0) is 35.9 Å². The minimum Gasteiger partial charge on any atom is -0.320 e. The lowest BCUT2D eigenvalue weighted by Crippen LogP contribution is -2.08. The molecule has 22 heavy (non-hydrogen) atoms. The van der Waals surface area contributed by atoms with Crippen LogP contribution in [0.1, 0.15) is 5.56 Å². The molecule has 7 heteroatoms. The van der Waals surface area contributed by atoms with E-state index in [1.54, 1.807) is 30.3 Å². The fraction of sp³-hybridized carbons (Fsp3) is 0. The Hall–Kier alpha value is -2.37. The Bertz CT molecular complexity index is 723. The van der Waals surface area contributed by atoms with E-state index in [0.717, 1.165) is 0 Å². The van der Waals surface area contributed by atoms with Crippen molar-refractivity contribution in [2.45, 2.75) is 0 Å². The number of hydrogen-bond donors (Lipinski definition) is 1. The standard InChI is InChI=1S/C15H10Cl2N2O3/c16-12-2-1-3-13(17)15(12)18-14(20)9-6-10-4-7-11(8-5-10)19(21)22/h1-9H,(H,18,20)/b9-6+. The first-order valence-corrected chi connectivity index (χ1v) is 6.90. The maximum Gasteiger partial charge on any atom is 0.269 e. The van der Waals surface area contributed by atoms with Crippen LogP contribution in [0.3, 0.4) is 0 Å². The average molecular weight is 337 g/mol. The van der Waals surface area contributed by atoms with Gasteiger partial charge in [-0.2, -0.15) is 0 Å². The molecule has 5 nitrogen and oxygen atoms in total. The summed E-state index contributed by atoms with van der Waals surface area (Å²) in [6.07, 6.45) is 2.82. The van der Waals surface area contributed by atoms with Gasteiger partial charge in [-0.25, -0.2) is 0 Å². The number of rotatable bonds is 4. The monoisotopic (exact) mass is 336 g/mol. The van der Waals surface area contributed by atoms with Crippen LogP contribution in [-0.4, -0.2) is 10.8 Å². The van der Waals surface area contributed by atoms with Crippen molar-refractivity contribution in [3.63, 3.8) is 0 Å². The molecule has 0 bridgehead atoms. The van der Waals surface area contributed by atoms with Gasteiger partial charge in [-0.3, -0.25) is 14.9 Å². The quantitative estimate of drug-likeness (QED) is 0.505. The smallest absolute Gasteiger partial charge is 0.269 e. The lowest BCUT2D eigenvalue weighted by molar-refractivity contribution is -0.384. The molecule has 0 aliphatic heterocycles. The molecule has 0 radical (unpaired) electrons. The molecule has 0 aliphatic rings. The third-order valence-corrected chi connectivity index (χ3v) is 3.37. The van der Waals surface area contributed by atoms with Crippen molar-refractivity contribution in [3.8, 4) is 0 Å². The molecule has 0 atom stereocenters. The lowest BCUT2D eigenvalue weighted by atomic mass is 10.2. The van der Waals surface area contributed by atoms with Gasteiger partial charge in [-0.1, -0.05) is 29.3 Å². The van der Waals surface area contributed by atoms with E-state index in [4.69, 9.17) is 23.2 Å². The minimum atomic E-state index is -0.487. The number of carbonyl (C=O) groups is 1. The highest BCUT2D eigenvalue weighted by molar-refractivity contribution is 6.39. The van der Waals surface area contributed by atoms with Gasteiger partial charge in [0.15, 0.2) is 0 Å². The zero-order valence-electron chi connectivity index (χ0n) is 11.1. The highest BCUT2D eigenvalue weighted by atomic mass is 35.5. The maximum atomic E-state index is 11.8. The van der Waals surface area contributed by atoms with Crippen LogP contribution in [-0.2, 0) is 4.79 Å². The first kappa shape index (κ1) is 16.0. The maximum absolute atomic E-state index is 11.8. The van der Waals surface area contributed by atoms with Crippen molar-refractivity contribution in [2.75, 3.05) is 5.32 Å². The van der Waals surface area contributed by atoms with Gasteiger partial charge >= 0.3 is 0 Å². The summed E-state index contributed by atoms with van der Waals surface area (Å²) < 4.78 is 0. The summed E-state index contributed by atoms with van der Waals surface area (Å²) in [7, 11) is 0. The molecule has 0 aliphatic carbocycles. The third-order valence-electron chi connectivity index (χ3n) is 2.74. The van der Waals surface area contributed by atoms with Crippen LogP contribution in [0.15, 0.2) is 48.5 Å². The molecule has 112 valence electrons. The zero-order valence-corrected chi connectivity index (χ0v) is 12.6. The second-order valence-corrected chi connectivity index (χ2v) is 5.08. The molecule has 1 amide bonds. The molecule has 2 aromatic carbocycles. The molecular formula is C15H10Cl2N2O3. The number of nitro groups is 1. The lowest BCUT2D eigenvalue weighted by Gasteiger charge is -2.06. The first-order chi connectivity index (χ1) is 10.5. The number of nitro benzene ring substituents is 1. The molecule has 0 heterocycles. The second kappa shape index (κ2) is 7.06. The molecule has 1 N–H and O–H groups in total. The number of nitrogens with one attached hydrogen (secondary N) is 1. The van der Waals surface area contributed by atoms with Crippen molar-refractivity contribution >= 4 is 46.6 Å². The normalized spacial score (nSPS) is 10.6. The Labute approximate surface area is 136 Å². The highest BCUT2D eigenvalue weighted by Crippen LogP contribution is 2.29. The summed E-state index contributed by atoms with van der Waals surface area (Å²) in [6, 6.07) is 10.7. The van der Waals surface area contributed by atoms with Crippen LogP contribution in [0.25, 0.3) is 6.08 Å². The molecule has 0 saturated heterocycles. The number of nitrogens with zero attached hydrogens (tertiary/aromatic N) is 1. The van der Waals surface area contributed by atoms with E-state index in [2.05, 4.69) is 5.32 Å². The molecule has 0 saturated carbocycles. The first-order valence-electron chi connectivity index (χ1n) is 6.15. The van der Waals surface area contributed by atoms with Crippen molar-refractivity contribution < 1.29 is 9.72 Å². The molecule has 0 spiro atoms. The fourth-order valence-corrected chi connectivity index (χ4v) is 2.15. The Balaban J connectivity index is 2.07. The molecule has 0 unspecified atom stereocenters. The van der Waals surface area contributed by atoms with E-state index in [1.807, 2.05) is 0 Å². The molecule has 0 fully saturated rings. The van der Waals surface area contributed by atoms with Gasteiger partial charge in [0.05, 0.1) is 20.7 Å². The van der Waals surface area contributed by atoms with Crippen LogP contribution in [0.4, 0.5) is 11.4 Å². The number of benzene rings is 2. The van der Waals surface area contributed by atoms with Gasteiger partial charge in [0.1, 0.15) is 0 Å². The van der Waals surface area contributed by atoms with E-state index < -0.39 is 10.8 Å². The fourth-order valence-electron chi connectivity index (χ4n) is 1.66. The van der Waals surface area contributed by atoms with Crippen LogP contribution in [0.5, 0.6) is 0 Å². The summed E-state index contributed by atoms with van der Waals surface area (Å²) >= 11 is 11.9. The Morgan fingerprint density at radius 3 is 2.23 bits per heavy atom. The summed E-state index contributed by atoms with van der Waals surface area (Å²) in [5.74, 6) is -0.409. The van der Waals surface area contributed by atoms with Crippen LogP contribution < -0.4 is 5.32 Å². The molecule has 2 aromatic rings. The largest absolute Gasteiger partial charge is 0.320 e. The Kier molecular flexibility index (Phi) is 5.14. The van der Waals surface area contributed by atoms with E-state index >= 15 is 0 Å². The number of non-ortho nitro benzene ring substituents is 1. The number of amides is 1.